The molecule has 3 aromatic heterocycles. The van der Waals surface area contributed by atoms with E-state index in [1.807, 2.05) is 26.1 Å². The maximum atomic E-state index is 4.87. The number of piperidine rings is 1. The van der Waals surface area contributed by atoms with Crippen molar-refractivity contribution in [1.82, 2.24) is 25.1 Å². The number of hydrogen-bond acceptors (Lipinski definition) is 4. The van der Waals surface area contributed by atoms with E-state index in [9.17, 15) is 0 Å². The summed E-state index contributed by atoms with van der Waals surface area (Å²) in [5.74, 6) is 0.738. The fourth-order valence-corrected chi connectivity index (χ4v) is 5.89. The molecule has 1 fully saturated rings. The highest BCUT2D eigenvalue weighted by Gasteiger charge is 2.20. The molecule has 0 amide bonds. The van der Waals surface area contributed by atoms with Crippen LogP contribution in [0.4, 0.5) is 5.69 Å². The summed E-state index contributed by atoms with van der Waals surface area (Å²) >= 11 is 0. The molecule has 2 N–H and O–H groups in total. The second-order valence-corrected chi connectivity index (χ2v) is 12.0. The van der Waals surface area contributed by atoms with E-state index in [2.05, 4.69) is 107 Å². The highest BCUT2D eigenvalue weighted by molar-refractivity contribution is 5.96. The predicted octanol–water partition coefficient (Wildman–Crippen LogP) is 9.73. The third-order valence-corrected chi connectivity index (χ3v) is 8.44. The van der Waals surface area contributed by atoms with Crippen molar-refractivity contribution in [2.24, 2.45) is 5.41 Å². The first-order valence-electron chi connectivity index (χ1n) is 15.9. The van der Waals surface area contributed by atoms with Crippen molar-refractivity contribution in [1.29, 1.82) is 0 Å². The molecule has 6 rings (SSSR count). The summed E-state index contributed by atoms with van der Waals surface area (Å²) in [7, 11) is 0. The van der Waals surface area contributed by atoms with Gasteiger partial charge in [-0.3, -0.25) is 5.10 Å². The number of nitrogens with one attached hydrogen (secondary N) is 2. The van der Waals surface area contributed by atoms with E-state index in [0.29, 0.717) is 0 Å². The third kappa shape index (κ3) is 6.74. The molecule has 0 radical (unpaired) electrons. The Kier molecular flexibility index (Phi) is 9.44. The van der Waals surface area contributed by atoms with E-state index in [1.165, 1.54) is 41.7 Å². The van der Waals surface area contributed by atoms with Gasteiger partial charge in [-0.2, -0.15) is 5.10 Å². The number of benzene rings is 1. The topological polar surface area (TPSA) is 73.5 Å². The monoisotopic (exact) mass is 574 g/mol. The summed E-state index contributed by atoms with van der Waals surface area (Å²) in [6.45, 7) is 16.9. The molecule has 0 atom stereocenters. The number of imidazole rings is 1. The largest absolute Gasteiger partial charge is 0.370 e. The zero-order valence-corrected chi connectivity index (χ0v) is 26.5. The van der Waals surface area contributed by atoms with Gasteiger partial charge in [0.05, 0.1) is 11.2 Å². The Morgan fingerprint density at radius 1 is 1.12 bits per heavy atom. The predicted molar refractivity (Wildman–Crippen MR) is 183 cm³/mol. The summed E-state index contributed by atoms with van der Waals surface area (Å²) in [4.78, 5) is 15.4. The lowest BCUT2D eigenvalue weighted by molar-refractivity contribution is 0.480. The number of aromatic amines is 2. The van der Waals surface area contributed by atoms with E-state index in [4.69, 9.17) is 4.98 Å². The number of allylic oxidation sites excluding steroid dienone is 9. The molecule has 1 saturated heterocycles. The van der Waals surface area contributed by atoms with Crippen molar-refractivity contribution in [2.75, 3.05) is 18.0 Å². The van der Waals surface area contributed by atoms with Crippen molar-refractivity contribution >= 4 is 33.3 Å². The molecule has 4 aromatic rings. The Morgan fingerprint density at radius 3 is 2.65 bits per heavy atom. The summed E-state index contributed by atoms with van der Waals surface area (Å²) in [5, 5.41) is 8.91. The first-order valence-corrected chi connectivity index (χ1v) is 15.9. The number of aromatic nitrogens is 5. The van der Waals surface area contributed by atoms with Gasteiger partial charge in [-0.25, -0.2) is 9.97 Å². The molecule has 0 saturated carbocycles. The van der Waals surface area contributed by atoms with Crippen LogP contribution in [0, 0.1) is 5.41 Å². The lowest BCUT2D eigenvalue weighted by Gasteiger charge is -2.28. The number of anilines is 1. The Morgan fingerprint density at radius 2 is 1.93 bits per heavy atom. The zero-order chi connectivity index (χ0) is 30.4. The Hall–Kier alpha value is -4.19. The molecule has 0 spiro atoms. The van der Waals surface area contributed by atoms with E-state index >= 15 is 0 Å². The summed E-state index contributed by atoms with van der Waals surface area (Å²) in [6, 6.07) is 8.56. The van der Waals surface area contributed by atoms with Crippen LogP contribution >= 0.6 is 0 Å². The Balaban J connectivity index is 0.00000180. The molecule has 6 heteroatoms. The SMILES string of the molecule is C=C/C(=C\C(=C/C)c1ccc2[nH]nc(-c3nc4nccc(N5CCCCC5)c4[nH]3)c2c1)CCC1=CCC(C)(C)C=C1.CC. The van der Waals surface area contributed by atoms with E-state index in [1.54, 1.807) is 0 Å². The van der Waals surface area contributed by atoms with Crippen LogP contribution in [0.25, 0.3) is 39.2 Å². The highest BCUT2D eigenvalue weighted by atomic mass is 15.2. The standard InChI is InChI=1S/C35H40N6.C2H6/c1-5-24(10-11-25-14-17-35(3,4)18-15-25)22-26(6-2)27-12-13-29-28(23-27)31(40-39-29)34-37-32-30(16-19-36-33(32)38-34)41-20-8-7-9-21-41;1-2/h5-6,12-17,19,22-23H,1,7-11,18,20-21H2,2-4H3,(H,39,40)(H,36,37,38);1-2H3/b24-22+,26-6+;. The van der Waals surface area contributed by atoms with Crippen molar-refractivity contribution < 1.29 is 0 Å². The minimum atomic E-state index is 0.262. The molecule has 1 aliphatic carbocycles. The van der Waals surface area contributed by atoms with Crippen molar-refractivity contribution in [3.63, 3.8) is 0 Å². The van der Waals surface area contributed by atoms with Crippen LogP contribution in [0.15, 0.2) is 84.6 Å². The fraction of sp³-hybridized carbons (Fsp3) is 0.378. The molecule has 2 aliphatic rings. The Bertz CT molecular complexity index is 1700. The first kappa shape index (κ1) is 30.3. The molecular weight excluding hydrogens is 528 g/mol. The van der Waals surface area contributed by atoms with Crippen molar-refractivity contribution in [2.45, 2.75) is 73.1 Å². The van der Waals surface area contributed by atoms with Gasteiger partial charge in [-0.1, -0.05) is 82.4 Å². The van der Waals surface area contributed by atoms with Crippen LogP contribution in [0.5, 0.6) is 0 Å². The van der Waals surface area contributed by atoms with Gasteiger partial charge in [0.2, 0.25) is 0 Å². The lowest BCUT2D eigenvalue weighted by Crippen LogP contribution is -2.29. The van der Waals surface area contributed by atoms with Gasteiger partial charge >= 0.3 is 0 Å². The number of hydrogen-bond donors (Lipinski definition) is 2. The molecule has 1 aliphatic heterocycles. The van der Waals surface area contributed by atoms with Gasteiger partial charge in [0.25, 0.3) is 0 Å². The van der Waals surface area contributed by atoms with Crippen LogP contribution in [0.2, 0.25) is 0 Å². The number of fused-ring (bicyclic) bond motifs is 2. The third-order valence-electron chi connectivity index (χ3n) is 8.44. The zero-order valence-electron chi connectivity index (χ0n) is 26.5. The molecule has 43 heavy (non-hydrogen) atoms. The average Bonchev–Trinajstić information content (AvgIpc) is 3.67. The molecule has 1 aromatic carbocycles. The van der Waals surface area contributed by atoms with Crippen LogP contribution in [0.1, 0.15) is 78.7 Å². The van der Waals surface area contributed by atoms with Crippen LogP contribution in [-0.2, 0) is 0 Å². The smallest absolute Gasteiger partial charge is 0.180 e. The van der Waals surface area contributed by atoms with Crippen molar-refractivity contribution in [3.05, 3.63) is 90.2 Å². The van der Waals surface area contributed by atoms with E-state index < -0.39 is 0 Å². The van der Waals surface area contributed by atoms with E-state index in [-0.39, 0.29) is 5.41 Å². The van der Waals surface area contributed by atoms with Gasteiger partial charge in [0.1, 0.15) is 11.2 Å². The number of H-pyrrole nitrogens is 2. The van der Waals surface area contributed by atoms with Gasteiger partial charge in [0, 0.05) is 24.7 Å². The summed E-state index contributed by atoms with van der Waals surface area (Å²) in [5.41, 5.74) is 9.90. The molecular formula is C37H46N6. The minimum Gasteiger partial charge on any atom is -0.370 e. The van der Waals surface area contributed by atoms with Gasteiger partial charge in [-0.05, 0) is 85.8 Å². The molecule has 0 bridgehead atoms. The van der Waals surface area contributed by atoms with Gasteiger partial charge < -0.3 is 9.88 Å². The number of pyridine rings is 1. The molecule has 6 nitrogen and oxygen atoms in total. The normalized spacial score (nSPS) is 17.1. The van der Waals surface area contributed by atoms with E-state index in [0.717, 1.165) is 71.5 Å². The minimum absolute atomic E-state index is 0.262. The second-order valence-electron chi connectivity index (χ2n) is 12.0. The number of rotatable bonds is 8. The maximum absolute atomic E-state index is 4.87. The van der Waals surface area contributed by atoms with Gasteiger partial charge in [0.15, 0.2) is 11.5 Å². The summed E-state index contributed by atoms with van der Waals surface area (Å²) < 4.78 is 0. The van der Waals surface area contributed by atoms with Crippen LogP contribution in [-0.4, -0.2) is 38.2 Å². The lowest BCUT2D eigenvalue weighted by atomic mass is 9.83. The summed E-state index contributed by atoms with van der Waals surface area (Å²) in [6.07, 6.45) is 22.1. The molecule has 0 unspecified atom stereocenters. The van der Waals surface area contributed by atoms with Crippen LogP contribution < -0.4 is 4.90 Å². The fourth-order valence-electron chi connectivity index (χ4n) is 5.89. The Labute approximate surface area is 256 Å². The average molecular weight is 575 g/mol. The van der Waals surface area contributed by atoms with Crippen molar-refractivity contribution in [3.8, 4) is 11.5 Å². The molecule has 4 heterocycles. The van der Waals surface area contributed by atoms with Gasteiger partial charge in [-0.15, -0.1) is 0 Å². The first-order chi connectivity index (χ1) is 20.9. The van der Waals surface area contributed by atoms with Crippen LogP contribution in [0.3, 0.4) is 0 Å². The quantitative estimate of drug-likeness (QED) is 0.205. The maximum Gasteiger partial charge on any atom is 0.180 e. The molecule has 224 valence electrons. The highest BCUT2D eigenvalue weighted by Crippen LogP contribution is 2.33. The second kappa shape index (κ2) is 13.4. The number of nitrogens with zero attached hydrogens (tertiary/aromatic N) is 4.